The second-order valence-corrected chi connectivity index (χ2v) is 3.39. The molecule has 5 heteroatoms. The van der Waals surface area contributed by atoms with Crippen LogP contribution in [0.4, 0.5) is 0 Å². The Morgan fingerprint density at radius 2 is 2.07 bits per heavy atom. The van der Waals surface area contributed by atoms with E-state index in [9.17, 15) is 4.89 Å². The van der Waals surface area contributed by atoms with E-state index in [4.69, 9.17) is 10.6 Å². The Hall–Kier alpha value is -1.35. The first-order valence-electron chi connectivity index (χ1n) is 3.96. The highest BCUT2D eigenvalue weighted by Gasteiger charge is 1.98. The predicted octanol–water partition coefficient (Wildman–Crippen LogP) is -0.0425. The summed E-state index contributed by atoms with van der Waals surface area (Å²) in [5.41, 5.74) is 6.83. The zero-order valence-electron chi connectivity index (χ0n) is 7.42. The lowest BCUT2D eigenvalue weighted by molar-refractivity contribution is -0.167. The molecular formula is C9H11N2O2P. The monoisotopic (exact) mass is 210 g/mol. The lowest BCUT2D eigenvalue weighted by Crippen LogP contribution is -2.12. The maximum absolute atomic E-state index is 10.4. The Morgan fingerprint density at radius 1 is 1.43 bits per heavy atom. The topological polar surface area (TPSA) is 81.3 Å². The summed E-state index contributed by atoms with van der Waals surface area (Å²) in [5, 5.41) is 2.66. The molecule has 14 heavy (non-hydrogen) atoms. The molecule has 4 nitrogen and oxygen atoms in total. The molecule has 0 bridgehead atoms. The number of rotatable bonds is 3. The molecule has 0 fully saturated rings. The van der Waals surface area contributed by atoms with Gasteiger partial charge in [0.1, 0.15) is 0 Å². The number of benzene rings is 1. The SMILES string of the molecule is NC=C(N/C=[P+](\[O-])O)c1ccccc1. The molecule has 0 radical (unpaired) electrons. The first kappa shape index (κ1) is 10.7. The van der Waals surface area contributed by atoms with Crippen molar-refractivity contribution in [1.29, 1.82) is 0 Å². The minimum Gasteiger partial charge on any atom is -0.602 e. The van der Waals surface area contributed by atoms with E-state index in [0.29, 0.717) is 5.70 Å². The van der Waals surface area contributed by atoms with Gasteiger partial charge in [0.05, 0.1) is 5.70 Å². The maximum Gasteiger partial charge on any atom is 0.235 e. The standard InChI is InChI=1S/C9H11N2O2P/c10-6-9(11-7-14(12)13)8-4-2-1-3-5-8/h1-7,11H,10H2,(H,12,13). The van der Waals surface area contributed by atoms with E-state index in [1.165, 1.54) is 6.20 Å². The van der Waals surface area contributed by atoms with Crippen LogP contribution >= 0.6 is 8.00 Å². The summed E-state index contributed by atoms with van der Waals surface area (Å²) < 4.78 is 0. The molecule has 0 amide bonds. The second-order valence-electron chi connectivity index (χ2n) is 2.52. The van der Waals surface area contributed by atoms with E-state index in [1.807, 2.05) is 30.3 Å². The molecule has 1 unspecified atom stereocenters. The Bertz CT molecular complexity index is 345. The van der Waals surface area contributed by atoms with E-state index < -0.39 is 8.00 Å². The smallest absolute Gasteiger partial charge is 0.235 e. The van der Waals surface area contributed by atoms with Gasteiger partial charge in [-0.15, -0.1) is 0 Å². The molecule has 0 aliphatic heterocycles. The molecule has 0 heterocycles. The highest BCUT2D eigenvalue weighted by molar-refractivity contribution is 7.43. The molecule has 74 valence electrons. The van der Waals surface area contributed by atoms with Gasteiger partial charge in [-0.2, -0.15) is 4.89 Å². The largest absolute Gasteiger partial charge is 0.602 e. The molecule has 0 saturated carbocycles. The zero-order valence-corrected chi connectivity index (χ0v) is 8.32. The quantitative estimate of drug-likeness (QED) is 0.611. The third kappa shape index (κ3) is 3.18. The molecule has 0 aliphatic carbocycles. The van der Waals surface area contributed by atoms with E-state index in [0.717, 1.165) is 11.5 Å². The summed E-state index contributed by atoms with van der Waals surface area (Å²) in [4.78, 5) is 19.0. The molecule has 1 atom stereocenters. The third-order valence-corrected chi connectivity index (χ3v) is 1.93. The number of hydrogen-bond donors (Lipinski definition) is 3. The van der Waals surface area contributed by atoms with Crippen LogP contribution in [0, 0.1) is 0 Å². The summed E-state index contributed by atoms with van der Waals surface area (Å²) >= 11 is 0. The van der Waals surface area contributed by atoms with E-state index in [2.05, 4.69) is 5.32 Å². The van der Waals surface area contributed by atoms with Crippen molar-refractivity contribution in [2.24, 2.45) is 5.73 Å². The van der Waals surface area contributed by atoms with Gasteiger partial charge in [0.25, 0.3) is 0 Å². The van der Waals surface area contributed by atoms with Gasteiger partial charge in [-0.3, -0.25) is 0 Å². The van der Waals surface area contributed by atoms with Gasteiger partial charge in [0.15, 0.2) is 0 Å². The van der Waals surface area contributed by atoms with Gasteiger partial charge >= 0.3 is 0 Å². The molecule has 0 saturated heterocycles. The van der Waals surface area contributed by atoms with E-state index in [1.54, 1.807) is 0 Å². The summed E-state index contributed by atoms with van der Waals surface area (Å²) in [6.07, 6.45) is 1.35. The average Bonchev–Trinajstić information content (AvgIpc) is 2.20. The van der Waals surface area contributed by atoms with Crippen LogP contribution in [-0.4, -0.2) is 10.8 Å². The summed E-state index contributed by atoms with van der Waals surface area (Å²) in [6, 6.07) is 9.31. The fourth-order valence-electron chi connectivity index (χ4n) is 0.970. The van der Waals surface area contributed by atoms with Crippen LogP contribution < -0.4 is 15.9 Å². The van der Waals surface area contributed by atoms with Gasteiger partial charge in [0.2, 0.25) is 13.9 Å². The Labute approximate surface area is 83.2 Å². The van der Waals surface area contributed by atoms with Crippen molar-refractivity contribution in [3.8, 4) is 0 Å². The minimum absolute atomic E-state index is 0.600. The summed E-state index contributed by atoms with van der Waals surface area (Å²) in [6.45, 7) is 0. The van der Waals surface area contributed by atoms with Crippen LogP contribution in [-0.2, 0) is 0 Å². The van der Waals surface area contributed by atoms with Crippen molar-refractivity contribution < 1.29 is 9.79 Å². The Morgan fingerprint density at radius 3 is 2.57 bits per heavy atom. The first-order chi connectivity index (χ1) is 6.74. The molecule has 4 N–H and O–H groups in total. The van der Waals surface area contributed by atoms with E-state index >= 15 is 0 Å². The summed E-state index contributed by atoms with van der Waals surface area (Å²) in [5.74, 6) is 1.08. The van der Waals surface area contributed by atoms with Gasteiger partial charge < -0.3 is 15.9 Å². The van der Waals surface area contributed by atoms with Crippen molar-refractivity contribution in [1.82, 2.24) is 5.32 Å². The number of hydrogen-bond acceptors (Lipinski definition) is 3. The normalized spacial score (nSPS) is 12.7. The van der Waals surface area contributed by atoms with Crippen LogP contribution in [0.3, 0.4) is 0 Å². The van der Waals surface area contributed by atoms with Crippen LogP contribution in [0.15, 0.2) is 36.5 Å². The minimum atomic E-state index is -2.31. The zero-order chi connectivity index (χ0) is 10.4. The number of nitrogens with two attached hydrogens (primary N) is 1. The molecule has 0 spiro atoms. The van der Waals surface area contributed by atoms with Gasteiger partial charge in [0, 0.05) is 6.20 Å². The predicted molar refractivity (Wildman–Crippen MR) is 56.9 cm³/mol. The van der Waals surface area contributed by atoms with Crippen molar-refractivity contribution in [2.75, 3.05) is 0 Å². The lowest BCUT2D eigenvalue weighted by Gasteiger charge is -2.04. The highest BCUT2D eigenvalue weighted by atomic mass is 31.1. The highest BCUT2D eigenvalue weighted by Crippen LogP contribution is 2.09. The second kappa shape index (κ2) is 5.40. The fourth-order valence-corrected chi connectivity index (χ4v) is 1.22. The van der Waals surface area contributed by atoms with Crippen LogP contribution in [0.5, 0.6) is 0 Å². The van der Waals surface area contributed by atoms with Crippen molar-refractivity contribution in [3.63, 3.8) is 0 Å². The van der Waals surface area contributed by atoms with Gasteiger partial charge in [-0.05, 0) is 5.56 Å². The van der Waals surface area contributed by atoms with E-state index in [-0.39, 0.29) is 0 Å². The molecule has 1 aromatic carbocycles. The third-order valence-electron chi connectivity index (χ3n) is 1.58. The molecule has 0 aromatic heterocycles. The van der Waals surface area contributed by atoms with Gasteiger partial charge in [-0.25, -0.2) is 0 Å². The average molecular weight is 210 g/mol. The number of nitrogens with one attached hydrogen (secondary N) is 1. The van der Waals surface area contributed by atoms with Crippen LogP contribution in [0.2, 0.25) is 0 Å². The lowest BCUT2D eigenvalue weighted by atomic mass is 10.2. The molecule has 1 rings (SSSR count). The summed E-state index contributed by atoms with van der Waals surface area (Å²) in [7, 11) is -2.31. The molecule has 0 aliphatic rings. The fraction of sp³-hybridized carbons (Fsp3) is 0. The van der Waals surface area contributed by atoms with Crippen molar-refractivity contribution in [3.05, 3.63) is 42.1 Å². The van der Waals surface area contributed by atoms with Crippen molar-refractivity contribution in [2.45, 2.75) is 0 Å². The van der Waals surface area contributed by atoms with Crippen LogP contribution in [0.1, 0.15) is 5.56 Å². The maximum atomic E-state index is 10.4. The Balaban J connectivity index is 2.80. The van der Waals surface area contributed by atoms with Crippen LogP contribution in [0.25, 0.3) is 5.70 Å². The molecule has 1 aromatic rings. The van der Waals surface area contributed by atoms with Crippen molar-refractivity contribution >= 4 is 19.6 Å². The molecular weight excluding hydrogens is 199 g/mol. The first-order valence-corrected chi connectivity index (χ1v) is 5.24. The Kier molecular flexibility index (Phi) is 4.13. The van der Waals surface area contributed by atoms with Gasteiger partial charge in [-0.1, -0.05) is 30.3 Å².